The van der Waals surface area contributed by atoms with Crippen LogP contribution in [0.2, 0.25) is 0 Å². The summed E-state index contributed by atoms with van der Waals surface area (Å²) in [5.74, 6) is 1.56. The zero-order valence-electron chi connectivity index (χ0n) is 21.4. The van der Waals surface area contributed by atoms with Gasteiger partial charge in [0.2, 0.25) is 0 Å². The molecule has 5 rings (SSSR count). The van der Waals surface area contributed by atoms with Crippen LogP contribution in [-0.2, 0) is 19.3 Å². The normalized spacial score (nSPS) is 16.5. The molecule has 0 radical (unpaired) electrons. The molecule has 3 aromatic rings. The van der Waals surface area contributed by atoms with E-state index in [0.717, 1.165) is 63.5 Å². The van der Waals surface area contributed by atoms with Crippen molar-refractivity contribution in [2.24, 2.45) is 16.6 Å². The van der Waals surface area contributed by atoms with Crippen LogP contribution in [0.4, 0.5) is 4.39 Å². The van der Waals surface area contributed by atoms with Crippen LogP contribution in [0.25, 0.3) is 5.57 Å². The predicted molar refractivity (Wildman–Crippen MR) is 147 cm³/mol. The molecule has 2 heterocycles. The van der Waals surface area contributed by atoms with Crippen molar-refractivity contribution >= 4 is 11.4 Å². The number of aryl methyl sites for hydroxylation is 3. The van der Waals surface area contributed by atoms with Crippen LogP contribution in [0, 0.1) is 18.7 Å². The lowest BCUT2D eigenvalue weighted by atomic mass is 9.97. The highest BCUT2D eigenvalue weighted by molar-refractivity contribution is 6.04. The Kier molecular flexibility index (Phi) is 6.99. The maximum atomic E-state index is 14.4. The number of nitrogens with zero attached hydrogens (tertiary/aromatic N) is 4. The molecule has 0 saturated heterocycles. The van der Waals surface area contributed by atoms with Crippen LogP contribution in [0.5, 0.6) is 0 Å². The molecule has 1 aliphatic carbocycles. The summed E-state index contributed by atoms with van der Waals surface area (Å²) in [7, 11) is 0. The summed E-state index contributed by atoms with van der Waals surface area (Å²) in [6, 6.07) is 13.7. The average molecular weight is 494 g/mol. The summed E-state index contributed by atoms with van der Waals surface area (Å²) in [5.41, 5.74) is 14.5. The molecule has 2 N–H and O–H groups in total. The van der Waals surface area contributed by atoms with E-state index in [0.29, 0.717) is 18.2 Å². The minimum Gasteiger partial charge on any atom is -0.382 e. The first-order chi connectivity index (χ1) is 17.9. The van der Waals surface area contributed by atoms with Gasteiger partial charge in [0, 0.05) is 30.5 Å². The second-order valence-electron chi connectivity index (χ2n) is 9.90. The highest BCUT2D eigenvalue weighted by Crippen LogP contribution is 2.40. The number of amidine groups is 1. The Morgan fingerprint density at radius 3 is 2.38 bits per heavy atom. The quantitative estimate of drug-likeness (QED) is 0.412. The third-order valence-corrected chi connectivity index (χ3v) is 6.98. The largest absolute Gasteiger partial charge is 0.382 e. The molecule has 5 nitrogen and oxygen atoms in total. The summed E-state index contributed by atoms with van der Waals surface area (Å²) in [4.78, 5) is 14.9. The molecule has 1 aromatic heterocycles. The number of rotatable bonds is 8. The van der Waals surface area contributed by atoms with Crippen molar-refractivity contribution < 1.29 is 4.39 Å². The monoisotopic (exact) mass is 493 g/mol. The van der Waals surface area contributed by atoms with E-state index >= 15 is 0 Å². The van der Waals surface area contributed by atoms with Crippen molar-refractivity contribution in [1.29, 1.82) is 0 Å². The number of aromatic nitrogens is 2. The molecular formula is C31H32FN5. The van der Waals surface area contributed by atoms with Gasteiger partial charge in [-0.15, -0.1) is 0 Å². The molecule has 1 fully saturated rings. The van der Waals surface area contributed by atoms with E-state index in [1.54, 1.807) is 18.3 Å². The van der Waals surface area contributed by atoms with Crippen LogP contribution in [0.15, 0.2) is 90.2 Å². The third kappa shape index (κ3) is 5.85. The van der Waals surface area contributed by atoms with Gasteiger partial charge in [-0.1, -0.05) is 36.9 Å². The minimum atomic E-state index is -0.207. The van der Waals surface area contributed by atoms with Crippen molar-refractivity contribution in [3.63, 3.8) is 0 Å². The van der Waals surface area contributed by atoms with Gasteiger partial charge >= 0.3 is 0 Å². The van der Waals surface area contributed by atoms with E-state index in [4.69, 9.17) is 5.73 Å². The van der Waals surface area contributed by atoms with Crippen molar-refractivity contribution in [2.45, 2.75) is 46.0 Å². The Morgan fingerprint density at radius 1 is 1.00 bits per heavy atom. The first kappa shape index (κ1) is 24.6. The first-order valence-corrected chi connectivity index (χ1v) is 12.7. The van der Waals surface area contributed by atoms with Crippen LogP contribution in [0.3, 0.4) is 0 Å². The van der Waals surface area contributed by atoms with Gasteiger partial charge in [-0.05, 0) is 97.4 Å². The van der Waals surface area contributed by atoms with Gasteiger partial charge in [0.05, 0.1) is 5.70 Å². The zero-order chi connectivity index (χ0) is 25.9. The first-order valence-electron chi connectivity index (χ1n) is 12.7. The van der Waals surface area contributed by atoms with E-state index < -0.39 is 0 Å². The average Bonchev–Trinajstić information content (AvgIpc) is 3.73. The molecule has 0 spiro atoms. The van der Waals surface area contributed by atoms with Crippen molar-refractivity contribution in [3.8, 4) is 0 Å². The van der Waals surface area contributed by atoms with E-state index in [1.165, 1.54) is 12.8 Å². The van der Waals surface area contributed by atoms with Crippen LogP contribution in [0.1, 0.15) is 53.4 Å². The lowest BCUT2D eigenvalue weighted by molar-refractivity contribution is 0.556. The van der Waals surface area contributed by atoms with E-state index in [1.807, 2.05) is 25.5 Å². The minimum absolute atomic E-state index is 0.207. The highest BCUT2D eigenvalue weighted by Gasteiger charge is 2.31. The number of hydrogen-bond acceptors (Lipinski definition) is 5. The number of aliphatic imine (C=N–C) groups is 1. The lowest BCUT2D eigenvalue weighted by Crippen LogP contribution is -2.31. The number of nitrogens with two attached hydrogens (primary N) is 1. The van der Waals surface area contributed by atoms with Gasteiger partial charge in [0.1, 0.15) is 17.5 Å². The molecule has 0 amide bonds. The summed E-state index contributed by atoms with van der Waals surface area (Å²) < 4.78 is 14.4. The smallest absolute Gasteiger partial charge is 0.148 e. The fourth-order valence-electron chi connectivity index (χ4n) is 4.71. The Balaban J connectivity index is 1.31. The van der Waals surface area contributed by atoms with Crippen molar-refractivity contribution in [3.05, 3.63) is 125 Å². The second-order valence-corrected chi connectivity index (χ2v) is 9.90. The summed E-state index contributed by atoms with van der Waals surface area (Å²) >= 11 is 0. The SMILES string of the molecule is C=C(C1CC1)N1C=CN=C(N)/C1=C(/C)c1ccc(Cc2cc(F)cc(CCc3cnc(C)nc3)c2)cc1. The van der Waals surface area contributed by atoms with Gasteiger partial charge in [0.25, 0.3) is 0 Å². The van der Waals surface area contributed by atoms with E-state index in [9.17, 15) is 4.39 Å². The standard InChI is InChI=1S/C31H32FN5/c1-20(30-31(33)34-12-13-37(30)21(2)28-10-11-28)27-8-6-23(7-9-27)14-26-15-24(16-29(32)17-26)4-5-25-18-35-22(3)36-19-25/h6-9,12-13,15-19,28H,2,4-5,10-11,14H2,1,3H3,(H2,33,34)/b30-20+. The Hall–Kier alpha value is -4.06. The van der Waals surface area contributed by atoms with Crippen LogP contribution in [-0.4, -0.2) is 20.7 Å². The Morgan fingerprint density at radius 2 is 1.68 bits per heavy atom. The lowest BCUT2D eigenvalue weighted by Gasteiger charge is -2.29. The molecule has 37 heavy (non-hydrogen) atoms. The molecule has 1 saturated carbocycles. The van der Waals surface area contributed by atoms with E-state index in [2.05, 4.69) is 63.7 Å². The topological polar surface area (TPSA) is 67.4 Å². The fraction of sp³-hybridized carbons (Fsp3) is 0.258. The molecule has 0 atom stereocenters. The molecule has 2 aliphatic rings. The molecular weight excluding hydrogens is 461 g/mol. The number of hydrogen-bond donors (Lipinski definition) is 1. The molecule has 188 valence electrons. The summed E-state index contributed by atoms with van der Waals surface area (Å²) in [6.07, 6.45) is 11.9. The maximum Gasteiger partial charge on any atom is 0.148 e. The number of benzene rings is 2. The van der Waals surface area contributed by atoms with Gasteiger partial charge in [-0.25, -0.2) is 19.4 Å². The zero-order valence-corrected chi connectivity index (χ0v) is 21.4. The Labute approximate surface area is 218 Å². The number of allylic oxidation sites excluding steroid dienone is 2. The van der Waals surface area contributed by atoms with Crippen LogP contribution >= 0.6 is 0 Å². The van der Waals surface area contributed by atoms with Crippen LogP contribution < -0.4 is 5.73 Å². The fourth-order valence-corrected chi connectivity index (χ4v) is 4.71. The molecule has 0 unspecified atom stereocenters. The number of halogens is 1. The second kappa shape index (κ2) is 10.5. The van der Waals surface area contributed by atoms with Crippen molar-refractivity contribution in [2.75, 3.05) is 0 Å². The third-order valence-electron chi connectivity index (χ3n) is 6.98. The maximum absolute atomic E-state index is 14.4. The van der Waals surface area contributed by atoms with E-state index in [-0.39, 0.29) is 5.82 Å². The van der Waals surface area contributed by atoms with Gasteiger partial charge in [-0.2, -0.15) is 0 Å². The molecule has 0 bridgehead atoms. The van der Waals surface area contributed by atoms with Gasteiger partial charge in [0.15, 0.2) is 0 Å². The molecule has 2 aromatic carbocycles. The molecule has 1 aliphatic heterocycles. The van der Waals surface area contributed by atoms with Gasteiger partial charge in [-0.3, -0.25) is 0 Å². The molecule has 6 heteroatoms. The summed E-state index contributed by atoms with van der Waals surface area (Å²) in [6.45, 7) is 8.24. The Bertz CT molecular complexity index is 1400. The van der Waals surface area contributed by atoms with Crippen molar-refractivity contribution in [1.82, 2.24) is 14.9 Å². The summed E-state index contributed by atoms with van der Waals surface area (Å²) in [5, 5.41) is 0. The van der Waals surface area contributed by atoms with Gasteiger partial charge < -0.3 is 10.6 Å². The predicted octanol–water partition coefficient (Wildman–Crippen LogP) is 6.10. The highest BCUT2D eigenvalue weighted by atomic mass is 19.1.